The average molecular weight is 233 g/mol. The molecule has 90 valence electrons. The maximum Gasteiger partial charge on any atom is 0.390 e. The Morgan fingerprint density at radius 2 is 2.06 bits per heavy atom. The van der Waals surface area contributed by atoms with Crippen molar-refractivity contribution in [3.8, 4) is 0 Å². The van der Waals surface area contributed by atoms with E-state index >= 15 is 0 Å². The highest BCUT2D eigenvalue weighted by molar-refractivity contribution is 5.14. The highest BCUT2D eigenvalue weighted by Gasteiger charge is 2.21. The van der Waals surface area contributed by atoms with E-state index in [1.807, 2.05) is 44.2 Å². The number of benzene rings is 1. The van der Waals surface area contributed by atoms with Gasteiger partial charge in [0.1, 0.15) is 6.10 Å². The average Bonchev–Trinajstić information content (AvgIpc) is 2.30. The summed E-state index contributed by atoms with van der Waals surface area (Å²) in [5.74, 6) is 0.0233. The SMILES string of the molecule is CC(C)C(OCc1ccccc1)/C(O)=C/[N+]#N. The molecular weight excluding hydrogens is 216 g/mol. The van der Waals surface area contributed by atoms with Crippen LogP contribution in [0.3, 0.4) is 0 Å². The first-order chi connectivity index (χ1) is 8.15. The standard InChI is InChI=1S/C13H16N2O2/c1-10(2)13(12(16)8-15-14)17-9-11-6-4-3-5-7-11/h3-8,10,13H,9H2,1-2H3/p+1/b12-8-. The summed E-state index contributed by atoms with van der Waals surface area (Å²) < 4.78 is 5.61. The Morgan fingerprint density at radius 3 is 2.59 bits per heavy atom. The number of hydrogen-bond acceptors (Lipinski definition) is 3. The van der Waals surface area contributed by atoms with Crippen LogP contribution < -0.4 is 0 Å². The second-order valence-electron chi connectivity index (χ2n) is 4.13. The van der Waals surface area contributed by atoms with E-state index in [1.165, 1.54) is 0 Å². The highest BCUT2D eigenvalue weighted by atomic mass is 16.5. The monoisotopic (exact) mass is 233 g/mol. The number of diazo groups is 1. The molecule has 0 saturated carbocycles. The first-order valence-electron chi connectivity index (χ1n) is 5.54. The molecule has 0 aliphatic rings. The third-order valence-electron chi connectivity index (χ3n) is 2.36. The molecule has 4 heteroatoms. The number of hydrogen-bond donors (Lipinski definition) is 1. The fraction of sp³-hybridized carbons (Fsp3) is 0.385. The fourth-order valence-corrected chi connectivity index (χ4v) is 1.51. The topological polar surface area (TPSA) is 57.6 Å². The van der Waals surface area contributed by atoms with Crippen molar-refractivity contribution in [3.63, 3.8) is 0 Å². The molecule has 1 atom stereocenters. The number of nitrogens with zero attached hydrogens (tertiary/aromatic N) is 2. The van der Waals surface area contributed by atoms with Crippen LogP contribution in [0.4, 0.5) is 0 Å². The Labute approximate surface area is 101 Å². The summed E-state index contributed by atoms with van der Waals surface area (Å²) in [5.41, 5.74) is 1.03. The summed E-state index contributed by atoms with van der Waals surface area (Å²) in [6.07, 6.45) is 0.529. The van der Waals surface area contributed by atoms with Crippen molar-refractivity contribution in [2.75, 3.05) is 0 Å². The van der Waals surface area contributed by atoms with Crippen LogP contribution >= 0.6 is 0 Å². The van der Waals surface area contributed by atoms with E-state index in [1.54, 1.807) is 0 Å². The van der Waals surface area contributed by atoms with E-state index in [0.717, 1.165) is 11.8 Å². The van der Waals surface area contributed by atoms with Gasteiger partial charge in [0, 0.05) is 0 Å². The summed E-state index contributed by atoms with van der Waals surface area (Å²) >= 11 is 0. The van der Waals surface area contributed by atoms with E-state index in [0.29, 0.717) is 6.61 Å². The number of aliphatic hydroxyl groups is 1. The third kappa shape index (κ3) is 4.25. The van der Waals surface area contributed by atoms with Crippen LogP contribution in [0.5, 0.6) is 0 Å². The Hall–Kier alpha value is -1.86. The quantitative estimate of drug-likeness (QED) is 0.625. The van der Waals surface area contributed by atoms with Crippen molar-refractivity contribution < 1.29 is 9.84 Å². The molecule has 0 amide bonds. The Kier molecular flexibility index (Phi) is 5.18. The van der Waals surface area contributed by atoms with Crippen LogP contribution in [0.2, 0.25) is 0 Å². The van der Waals surface area contributed by atoms with Gasteiger partial charge in [-0.15, -0.1) is 0 Å². The van der Waals surface area contributed by atoms with Gasteiger partial charge in [0.25, 0.3) is 0 Å². The van der Waals surface area contributed by atoms with Gasteiger partial charge in [-0.25, -0.2) is 0 Å². The number of aliphatic hydroxyl groups excluding tert-OH is 1. The molecular formula is C13H17N2O2+. The zero-order valence-corrected chi connectivity index (χ0v) is 10.1. The first-order valence-corrected chi connectivity index (χ1v) is 5.54. The third-order valence-corrected chi connectivity index (χ3v) is 2.36. The second kappa shape index (κ2) is 6.66. The fourth-order valence-electron chi connectivity index (χ4n) is 1.51. The molecule has 0 radical (unpaired) electrons. The van der Waals surface area contributed by atoms with Gasteiger partial charge in [-0.05, 0) is 11.5 Å². The first kappa shape index (κ1) is 13.2. The van der Waals surface area contributed by atoms with Gasteiger partial charge < -0.3 is 9.84 Å². The lowest BCUT2D eigenvalue weighted by atomic mass is 10.1. The molecule has 0 aliphatic carbocycles. The lowest BCUT2D eigenvalue weighted by Crippen LogP contribution is -2.22. The van der Waals surface area contributed by atoms with Crippen LogP contribution in [0, 0.1) is 11.3 Å². The molecule has 1 unspecified atom stereocenters. The molecule has 0 fully saturated rings. The maximum absolute atomic E-state index is 9.64. The lowest BCUT2D eigenvalue weighted by Gasteiger charge is -2.18. The molecule has 0 bridgehead atoms. The van der Waals surface area contributed by atoms with E-state index in [-0.39, 0.29) is 11.7 Å². The molecule has 1 N–H and O–H groups in total. The van der Waals surface area contributed by atoms with Gasteiger partial charge in [-0.1, -0.05) is 44.2 Å². The van der Waals surface area contributed by atoms with Crippen LogP contribution in [0.25, 0.3) is 4.98 Å². The van der Waals surface area contributed by atoms with Gasteiger partial charge in [0.15, 0.2) is 4.98 Å². The molecule has 17 heavy (non-hydrogen) atoms. The summed E-state index contributed by atoms with van der Waals surface area (Å²) in [5, 5.41) is 18.0. The summed E-state index contributed by atoms with van der Waals surface area (Å²) in [6, 6.07) is 9.71. The minimum atomic E-state index is -0.467. The van der Waals surface area contributed by atoms with Crippen molar-refractivity contribution >= 4 is 0 Å². The maximum atomic E-state index is 9.64. The zero-order chi connectivity index (χ0) is 12.7. The highest BCUT2D eigenvalue weighted by Crippen LogP contribution is 2.16. The molecule has 0 aliphatic heterocycles. The molecule has 0 saturated heterocycles. The van der Waals surface area contributed by atoms with E-state index < -0.39 is 6.10 Å². The van der Waals surface area contributed by atoms with E-state index in [4.69, 9.17) is 10.1 Å². The van der Waals surface area contributed by atoms with Gasteiger partial charge in [-0.2, -0.15) is 0 Å². The van der Waals surface area contributed by atoms with Gasteiger partial charge in [0.05, 0.1) is 6.61 Å². The van der Waals surface area contributed by atoms with Crippen LogP contribution in [-0.2, 0) is 11.3 Å². The Bertz CT molecular complexity index is 407. The minimum Gasteiger partial charge on any atom is -0.504 e. The van der Waals surface area contributed by atoms with E-state index in [9.17, 15) is 5.11 Å². The molecule has 0 aromatic heterocycles. The largest absolute Gasteiger partial charge is 0.504 e. The molecule has 4 nitrogen and oxygen atoms in total. The van der Waals surface area contributed by atoms with Crippen molar-refractivity contribution in [1.82, 2.24) is 0 Å². The number of rotatable bonds is 5. The van der Waals surface area contributed by atoms with Crippen LogP contribution in [0.15, 0.2) is 42.3 Å². The zero-order valence-electron chi connectivity index (χ0n) is 10.1. The van der Waals surface area contributed by atoms with Crippen LogP contribution in [0.1, 0.15) is 19.4 Å². The molecule has 0 spiro atoms. The van der Waals surface area contributed by atoms with Crippen molar-refractivity contribution in [1.29, 1.82) is 5.39 Å². The smallest absolute Gasteiger partial charge is 0.390 e. The Balaban J connectivity index is 2.64. The molecule has 1 rings (SSSR count). The van der Waals surface area contributed by atoms with Crippen molar-refractivity contribution in [3.05, 3.63) is 52.8 Å². The summed E-state index contributed by atoms with van der Waals surface area (Å²) in [7, 11) is 0. The van der Waals surface area contributed by atoms with Crippen molar-refractivity contribution in [2.24, 2.45) is 5.92 Å². The van der Waals surface area contributed by atoms with Crippen LogP contribution in [-0.4, -0.2) is 11.2 Å². The summed E-state index contributed by atoms with van der Waals surface area (Å²) in [6.45, 7) is 4.27. The van der Waals surface area contributed by atoms with E-state index in [2.05, 4.69) is 4.98 Å². The molecule has 1 aromatic rings. The Morgan fingerprint density at radius 1 is 1.41 bits per heavy atom. The summed E-state index contributed by atoms with van der Waals surface area (Å²) in [4.78, 5) is 2.80. The molecule has 1 aromatic carbocycles. The van der Waals surface area contributed by atoms with Gasteiger partial charge in [-0.3, -0.25) is 0 Å². The predicted octanol–water partition coefficient (Wildman–Crippen LogP) is 3.48. The van der Waals surface area contributed by atoms with Gasteiger partial charge in [0.2, 0.25) is 11.2 Å². The second-order valence-corrected chi connectivity index (χ2v) is 4.13. The molecule has 0 heterocycles. The minimum absolute atomic E-state index is 0.0709. The predicted molar refractivity (Wildman–Crippen MR) is 65.7 cm³/mol. The number of ether oxygens (including phenoxy) is 1. The lowest BCUT2D eigenvalue weighted by molar-refractivity contribution is 0.00956. The van der Waals surface area contributed by atoms with Gasteiger partial charge >= 0.3 is 6.20 Å². The van der Waals surface area contributed by atoms with Crippen molar-refractivity contribution in [2.45, 2.75) is 26.6 Å². The normalized spacial score (nSPS) is 13.4.